The van der Waals surface area contributed by atoms with Crippen LogP contribution < -0.4 is 20.1 Å². The van der Waals surface area contributed by atoms with Gasteiger partial charge in [0.1, 0.15) is 11.9 Å². The summed E-state index contributed by atoms with van der Waals surface area (Å²) in [5.74, 6) is 1.26. The molecule has 0 fully saturated rings. The number of ether oxygens (including phenoxy) is 2. The molecule has 0 bridgehead atoms. The van der Waals surface area contributed by atoms with E-state index in [4.69, 9.17) is 9.47 Å². The summed E-state index contributed by atoms with van der Waals surface area (Å²) in [7, 11) is 3.15. The molecule has 1 atom stereocenters. The van der Waals surface area contributed by atoms with Crippen LogP contribution >= 0.6 is 0 Å². The van der Waals surface area contributed by atoms with E-state index in [1.807, 2.05) is 57.2 Å². The summed E-state index contributed by atoms with van der Waals surface area (Å²) in [6.07, 6.45) is -0.0156. The summed E-state index contributed by atoms with van der Waals surface area (Å²) in [6, 6.07) is 10.7. The smallest absolute Gasteiger partial charge is 0.251 e. The Morgan fingerprint density at radius 1 is 1.06 bits per heavy atom. The lowest BCUT2D eigenvalue weighted by atomic mass is 10.1. The molecule has 0 spiro atoms. The zero-order chi connectivity index (χ0) is 23.0. The van der Waals surface area contributed by atoms with Crippen LogP contribution in [0.2, 0.25) is 0 Å². The van der Waals surface area contributed by atoms with Gasteiger partial charge in [-0.15, -0.1) is 0 Å². The molecule has 0 saturated carbocycles. The second-order valence-corrected chi connectivity index (χ2v) is 7.96. The summed E-state index contributed by atoms with van der Waals surface area (Å²) < 4.78 is 12.3. The Bertz CT molecular complexity index is 1190. The molecule has 2 heterocycles. The van der Waals surface area contributed by atoms with E-state index in [-0.39, 0.29) is 18.2 Å². The quantitative estimate of drug-likeness (QED) is 0.611. The molecule has 3 aromatic rings. The molecule has 32 heavy (non-hydrogen) atoms. The molecule has 1 unspecified atom stereocenters. The number of hydrogen-bond acceptors (Lipinski definition) is 5. The molecule has 1 aliphatic heterocycles. The van der Waals surface area contributed by atoms with Crippen molar-refractivity contribution >= 4 is 23.3 Å². The highest BCUT2D eigenvalue weighted by atomic mass is 16.5. The number of hydrogen-bond donors (Lipinski definition) is 2. The van der Waals surface area contributed by atoms with E-state index < -0.39 is 6.04 Å². The predicted molar refractivity (Wildman–Crippen MR) is 122 cm³/mol. The molecule has 8 heteroatoms. The predicted octanol–water partition coefficient (Wildman–Crippen LogP) is 4.01. The fraction of sp³-hybridized carbons (Fsp3) is 0.292. The van der Waals surface area contributed by atoms with Gasteiger partial charge in [-0.3, -0.25) is 9.59 Å². The third-order valence-electron chi connectivity index (χ3n) is 5.48. The van der Waals surface area contributed by atoms with Gasteiger partial charge in [0.25, 0.3) is 5.91 Å². The number of aryl methyl sites for hydroxylation is 3. The molecule has 0 aliphatic carbocycles. The van der Waals surface area contributed by atoms with E-state index in [0.29, 0.717) is 23.0 Å². The van der Waals surface area contributed by atoms with E-state index >= 15 is 0 Å². The Hall–Kier alpha value is -3.81. The second kappa shape index (κ2) is 8.37. The van der Waals surface area contributed by atoms with Gasteiger partial charge < -0.3 is 20.1 Å². The van der Waals surface area contributed by atoms with Crippen molar-refractivity contribution < 1.29 is 19.1 Å². The summed E-state index contributed by atoms with van der Waals surface area (Å²) in [5.41, 5.74) is 5.20. The Balaban J connectivity index is 1.60. The first-order valence-electron chi connectivity index (χ1n) is 10.3. The van der Waals surface area contributed by atoms with Crippen LogP contribution in [0.25, 0.3) is 11.1 Å². The zero-order valence-corrected chi connectivity index (χ0v) is 18.8. The van der Waals surface area contributed by atoms with Crippen LogP contribution in [0.15, 0.2) is 36.4 Å². The van der Waals surface area contributed by atoms with Crippen LogP contribution in [0.4, 0.5) is 11.5 Å². The molecule has 2 N–H and O–H groups in total. The number of amides is 2. The largest absolute Gasteiger partial charge is 0.493 e. The SMILES string of the molecule is COc1ccc(-c2c(C)nn3c2NC(=O)C3CC(=O)Nc2cc(C)cc(C)c2)cc1OC. The van der Waals surface area contributed by atoms with E-state index in [0.717, 1.165) is 27.9 Å². The number of benzene rings is 2. The average Bonchev–Trinajstić information content (AvgIpc) is 3.20. The van der Waals surface area contributed by atoms with Gasteiger partial charge in [0.2, 0.25) is 5.91 Å². The fourth-order valence-electron chi connectivity index (χ4n) is 4.15. The molecule has 1 aromatic heterocycles. The Kier molecular flexibility index (Phi) is 5.61. The zero-order valence-electron chi connectivity index (χ0n) is 18.8. The topological polar surface area (TPSA) is 94.5 Å². The Labute approximate surface area is 186 Å². The van der Waals surface area contributed by atoms with E-state index in [1.54, 1.807) is 18.9 Å². The van der Waals surface area contributed by atoms with Crippen LogP contribution in [0.5, 0.6) is 11.5 Å². The highest BCUT2D eigenvalue weighted by molar-refractivity contribution is 6.04. The number of rotatable bonds is 6. The minimum atomic E-state index is -0.719. The molecule has 0 saturated heterocycles. The minimum Gasteiger partial charge on any atom is -0.493 e. The van der Waals surface area contributed by atoms with Gasteiger partial charge in [0, 0.05) is 11.3 Å². The number of anilines is 2. The third-order valence-corrected chi connectivity index (χ3v) is 5.48. The van der Waals surface area contributed by atoms with Gasteiger partial charge in [-0.1, -0.05) is 12.1 Å². The van der Waals surface area contributed by atoms with Crippen LogP contribution in [-0.4, -0.2) is 35.8 Å². The summed E-state index contributed by atoms with van der Waals surface area (Å²) in [5, 5.41) is 10.4. The third kappa shape index (κ3) is 3.91. The van der Waals surface area contributed by atoms with Gasteiger partial charge in [0.15, 0.2) is 11.5 Å². The van der Waals surface area contributed by atoms with E-state index in [2.05, 4.69) is 15.7 Å². The van der Waals surface area contributed by atoms with Gasteiger partial charge >= 0.3 is 0 Å². The van der Waals surface area contributed by atoms with Gasteiger partial charge in [-0.25, -0.2) is 4.68 Å². The highest BCUT2D eigenvalue weighted by Gasteiger charge is 2.36. The molecule has 0 radical (unpaired) electrons. The standard InChI is InChI=1S/C24H26N4O4/c1-13-8-14(2)10-17(9-13)25-21(29)12-18-24(30)26-23-22(15(3)27-28(18)23)16-6-7-19(31-4)20(11-16)32-5/h6-11,18H,12H2,1-5H3,(H,25,29)(H,26,30). The second-order valence-electron chi connectivity index (χ2n) is 7.96. The van der Waals surface area contributed by atoms with E-state index in [9.17, 15) is 9.59 Å². The number of fused-ring (bicyclic) bond motifs is 1. The summed E-state index contributed by atoms with van der Waals surface area (Å²) in [4.78, 5) is 25.4. The average molecular weight is 434 g/mol. The first-order chi connectivity index (χ1) is 15.3. The number of nitrogens with zero attached hydrogens (tertiary/aromatic N) is 2. The van der Waals surface area contributed by atoms with Crippen molar-refractivity contribution in [2.75, 3.05) is 24.9 Å². The number of nitrogens with one attached hydrogen (secondary N) is 2. The molecular formula is C24H26N4O4. The molecule has 1 aliphatic rings. The number of carbonyl (C=O) groups excluding carboxylic acids is 2. The van der Waals surface area contributed by atoms with Gasteiger partial charge in [-0.05, 0) is 61.7 Å². The summed E-state index contributed by atoms with van der Waals surface area (Å²) in [6.45, 7) is 5.82. The Morgan fingerprint density at radius 3 is 2.41 bits per heavy atom. The molecular weight excluding hydrogens is 408 g/mol. The monoisotopic (exact) mass is 434 g/mol. The molecule has 166 valence electrons. The molecule has 2 amide bonds. The summed E-state index contributed by atoms with van der Waals surface area (Å²) >= 11 is 0. The van der Waals surface area contributed by atoms with Crippen LogP contribution in [0.1, 0.15) is 29.3 Å². The highest BCUT2D eigenvalue weighted by Crippen LogP contribution is 2.41. The van der Waals surface area contributed by atoms with Gasteiger partial charge in [0.05, 0.1) is 26.3 Å². The first kappa shape index (κ1) is 21.4. The van der Waals surface area contributed by atoms with E-state index in [1.165, 1.54) is 0 Å². The van der Waals surface area contributed by atoms with Crippen molar-refractivity contribution in [2.24, 2.45) is 0 Å². The minimum absolute atomic E-state index is 0.0156. The molecule has 2 aromatic carbocycles. The lowest BCUT2D eigenvalue weighted by molar-refractivity contribution is -0.123. The number of aromatic nitrogens is 2. The maximum absolute atomic E-state index is 12.7. The first-order valence-corrected chi connectivity index (χ1v) is 10.3. The number of carbonyl (C=O) groups is 2. The normalized spacial score (nSPS) is 14.7. The fourth-order valence-corrected chi connectivity index (χ4v) is 4.15. The Morgan fingerprint density at radius 2 is 1.75 bits per heavy atom. The van der Waals surface area contributed by atoms with Crippen molar-refractivity contribution in [1.82, 2.24) is 9.78 Å². The maximum atomic E-state index is 12.7. The van der Waals surface area contributed by atoms with Crippen LogP contribution in [0.3, 0.4) is 0 Å². The molecule has 4 rings (SSSR count). The van der Waals surface area contributed by atoms with Crippen LogP contribution in [0, 0.1) is 20.8 Å². The lowest BCUT2D eigenvalue weighted by Crippen LogP contribution is -2.23. The van der Waals surface area contributed by atoms with Crippen molar-refractivity contribution in [3.8, 4) is 22.6 Å². The van der Waals surface area contributed by atoms with Crippen LogP contribution in [-0.2, 0) is 9.59 Å². The number of methoxy groups -OCH3 is 2. The van der Waals surface area contributed by atoms with Crippen molar-refractivity contribution in [3.63, 3.8) is 0 Å². The van der Waals surface area contributed by atoms with Gasteiger partial charge in [-0.2, -0.15) is 5.10 Å². The van der Waals surface area contributed by atoms with Crippen molar-refractivity contribution in [1.29, 1.82) is 0 Å². The maximum Gasteiger partial charge on any atom is 0.251 e. The lowest BCUT2D eigenvalue weighted by Gasteiger charge is -2.11. The van der Waals surface area contributed by atoms with Crippen molar-refractivity contribution in [3.05, 3.63) is 53.2 Å². The molecule has 8 nitrogen and oxygen atoms in total. The van der Waals surface area contributed by atoms with Crippen molar-refractivity contribution in [2.45, 2.75) is 33.2 Å².